The zero-order valence-electron chi connectivity index (χ0n) is 17.9. The third-order valence-electron chi connectivity index (χ3n) is 5.74. The normalized spacial score (nSPS) is 16.4. The van der Waals surface area contributed by atoms with Gasteiger partial charge in [0.15, 0.2) is 0 Å². The molecule has 1 aliphatic rings. The first kappa shape index (κ1) is 21.2. The minimum Gasteiger partial charge on any atom is -0.493 e. The molecule has 1 heterocycles. The molecule has 0 saturated heterocycles. The van der Waals surface area contributed by atoms with Gasteiger partial charge < -0.3 is 14.7 Å². The Labute approximate surface area is 174 Å². The minimum atomic E-state index is -0.814. The molecule has 0 aliphatic carbocycles. The number of amides is 1. The fourth-order valence-corrected chi connectivity index (χ4v) is 4.33. The molecule has 1 N–H and O–H groups in total. The van der Waals surface area contributed by atoms with Gasteiger partial charge in [-0.3, -0.25) is 0 Å². The average molecular weight is 396 g/mol. The molecule has 1 atom stereocenters. The second kappa shape index (κ2) is 9.82. The van der Waals surface area contributed by atoms with Crippen molar-refractivity contribution in [2.45, 2.75) is 58.9 Å². The first-order valence-corrected chi connectivity index (χ1v) is 10.7. The first-order valence-electron chi connectivity index (χ1n) is 10.7. The van der Waals surface area contributed by atoms with E-state index >= 15 is 0 Å². The molecule has 3 rings (SSSR count). The van der Waals surface area contributed by atoms with E-state index in [0.29, 0.717) is 25.5 Å². The van der Waals surface area contributed by atoms with Crippen molar-refractivity contribution < 1.29 is 14.6 Å². The number of hydrogen-bond acceptors (Lipinski definition) is 2. The maximum absolute atomic E-state index is 11.8. The molecular formula is C25H33NO3. The summed E-state index contributed by atoms with van der Waals surface area (Å²) in [5, 5.41) is 9.73. The molecule has 0 radical (unpaired) electrons. The Kier molecular flexibility index (Phi) is 7.18. The molecule has 29 heavy (non-hydrogen) atoms. The van der Waals surface area contributed by atoms with E-state index in [4.69, 9.17) is 4.74 Å². The zero-order chi connectivity index (χ0) is 20.8. The standard InChI is InChI=1S/C25H33NO3/c1-18(2)16-22-17-21-12-11-19(3)24(23(21)13-14-26(22)25(27)28)29-15-7-10-20-8-5-4-6-9-20/h4-6,8-9,11-12,18,22H,7,10,13-17H2,1-3H3,(H,27,28). The van der Waals surface area contributed by atoms with Gasteiger partial charge in [-0.05, 0) is 67.2 Å². The van der Waals surface area contributed by atoms with E-state index in [0.717, 1.165) is 37.0 Å². The fourth-order valence-electron chi connectivity index (χ4n) is 4.33. The molecule has 156 valence electrons. The first-order chi connectivity index (χ1) is 14.0. The van der Waals surface area contributed by atoms with E-state index in [-0.39, 0.29) is 6.04 Å². The number of benzene rings is 2. The molecule has 2 aromatic carbocycles. The molecule has 1 amide bonds. The summed E-state index contributed by atoms with van der Waals surface area (Å²) in [6.45, 7) is 7.59. The average Bonchev–Trinajstić information content (AvgIpc) is 2.86. The van der Waals surface area contributed by atoms with Gasteiger partial charge in [-0.1, -0.05) is 56.3 Å². The van der Waals surface area contributed by atoms with Gasteiger partial charge in [0.25, 0.3) is 0 Å². The lowest BCUT2D eigenvalue weighted by atomic mass is 9.93. The van der Waals surface area contributed by atoms with Crippen molar-refractivity contribution in [3.05, 3.63) is 64.7 Å². The molecule has 4 nitrogen and oxygen atoms in total. The maximum atomic E-state index is 11.8. The number of carboxylic acid groups (broad SMARTS) is 1. The van der Waals surface area contributed by atoms with Gasteiger partial charge in [0.2, 0.25) is 0 Å². The van der Waals surface area contributed by atoms with Gasteiger partial charge in [-0.2, -0.15) is 0 Å². The van der Waals surface area contributed by atoms with Crippen LogP contribution < -0.4 is 4.74 Å². The maximum Gasteiger partial charge on any atom is 0.407 e. The second-order valence-corrected chi connectivity index (χ2v) is 8.50. The molecule has 2 aromatic rings. The summed E-state index contributed by atoms with van der Waals surface area (Å²) < 4.78 is 6.26. The molecule has 1 aliphatic heterocycles. The topological polar surface area (TPSA) is 49.8 Å². The van der Waals surface area contributed by atoms with E-state index < -0.39 is 6.09 Å². The zero-order valence-corrected chi connectivity index (χ0v) is 17.9. The molecule has 0 spiro atoms. The summed E-state index contributed by atoms with van der Waals surface area (Å²) in [4.78, 5) is 13.5. The minimum absolute atomic E-state index is 0.0300. The third-order valence-corrected chi connectivity index (χ3v) is 5.74. The lowest BCUT2D eigenvalue weighted by molar-refractivity contribution is 0.120. The van der Waals surface area contributed by atoms with Crippen LogP contribution in [0.4, 0.5) is 4.79 Å². The van der Waals surface area contributed by atoms with E-state index in [1.165, 1.54) is 16.7 Å². The SMILES string of the molecule is Cc1ccc2c(c1OCCCc1ccccc1)CCN(C(=O)O)C(CC(C)C)C2. The van der Waals surface area contributed by atoms with Crippen LogP contribution in [0.25, 0.3) is 0 Å². The van der Waals surface area contributed by atoms with Gasteiger partial charge in [-0.25, -0.2) is 4.79 Å². The van der Waals surface area contributed by atoms with Gasteiger partial charge in [0, 0.05) is 12.6 Å². The monoisotopic (exact) mass is 395 g/mol. The van der Waals surface area contributed by atoms with Crippen LogP contribution in [0.1, 0.15) is 48.9 Å². The Morgan fingerprint density at radius 3 is 2.66 bits per heavy atom. The van der Waals surface area contributed by atoms with Crippen LogP contribution >= 0.6 is 0 Å². The number of ether oxygens (including phenoxy) is 1. The lowest BCUT2D eigenvalue weighted by Crippen LogP contribution is -2.41. The van der Waals surface area contributed by atoms with E-state index in [2.05, 4.69) is 57.2 Å². The Morgan fingerprint density at radius 2 is 1.97 bits per heavy atom. The number of nitrogens with zero attached hydrogens (tertiary/aromatic N) is 1. The van der Waals surface area contributed by atoms with Crippen LogP contribution in [0.15, 0.2) is 42.5 Å². The summed E-state index contributed by atoms with van der Waals surface area (Å²) in [6.07, 6.45) is 3.51. The van der Waals surface area contributed by atoms with Crippen molar-refractivity contribution in [3.63, 3.8) is 0 Å². The summed E-state index contributed by atoms with van der Waals surface area (Å²) in [5.41, 5.74) is 4.89. The number of fused-ring (bicyclic) bond motifs is 1. The number of hydrogen-bond donors (Lipinski definition) is 1. The van der Waals surface area contributed by atoms with Gasteiger partial charge in [-0.15, -0.1) is 0 Å². The van der Waals surface area contributed by atoms with Crippen molar-refractivity contribution in [3.8, 4) is 5.75 Å². The quantitative estimate of drug-likeness (QED) is 0.630. The van der Waals surface area contributed by atoms with Crippen molar-refractivity contribution in [1.29, 1.82) is 0 Å². The highest BCUT2D eigenvalue weighted by Crippen LogP contribution is 2.33. The van der Waals surface area contributed by atoms with Crippen LogP contribution in [-0.2, 0) is 19.3 Å². The second-order valence-electron chi connectivity index (χ2n) is 8.50. The van der Waals surface area contributed by atoms with Crippen molar-refractivity contribution in [2.24, 2.45) is 5.92 Å². The molecule has 4 heteroatoms. The summed E-state index contributed by atoms with van der Waals surface area (Å²) in [5.74, 6) is 1.42. The Hall–Kier alpha value is -2.49. The highest BCUT2D eigenvalue weighted by atomic mass is 16.5. The molecule has 0 saturated carbocycles. The van der Waals surface area contributed by atoms with E-state index in [9.17, 15) is 9.90 Å². The molecule has 1 unspecified atom stereocenters. The van der Waals surface area contributed by atoms with Crippen molar-refractivity contribution >= 4 is 6.09 Å². The van der Waals surface area contributed by atoms with Gasteiger partial charge in [0.1, 0.15) is 5.75 Å². The van der Waals surface area contributed by atoms with Gasteiger partial charge >= 0.3 is 6.09 Å². The summed E-state index contributed by atoms with van der Waals surface area (Å²) in [7, 11) is 0. The van der Waals surface area contributed by atoms with E-state index in [1.807, 2.05) is 6.07 Å². The van der Waals surface area contributed by atoms with E-state index in [1.54, 1.807) is 4.90 Å². The molecule has 0 bridgehead atoms. The Morgan fingerprint density at radius 1 is 1.21 bits per heavy atom. The number of carbonyl (C=O) groups is 1. The fraction of sp³-hybridized carbons (Fsp3) is 0.480. The molecule has 0 aromatic heterocycles. The van der Waals surface area contributed by atoms with Crippen LogP contribution in [-0.4, -0.2) is 35.3 Å². The number of rotatable bonds is 7. The van der Waals surface area contributed by atoms with Crippen LogP contribution in [0.5, 0.6) is 5.75 Å². The predicted molar refractivity (Wildman–Crippen MR) is 117 cm³/mol. The Bertz CT molecular complexity index is 816. The van der Waals surface area contributed by atoms with Gasteiger partial charge in [0.05, 0.1) is 6.61 Å². The lowest BCUT2D eigenvalue weighted by Gasteiger charge is -2.28. The number of aryl methyl sites for hydroxylation is 2. The van der Waals surface area contributed by atoms with Crippen LogP contribution in [0.2, 0.25) is 0 Å². The third kappa shape index (κ3) is 5.53. The summed E-state index contributed by atoms with van der Waals surface area (Å²) in [6, 6.07) is 14.8. The summed E-state index contributed by atoms with van der Waals surface area (Å²) >= 11 is 0. The van der Waals surface area contributed by atoms with Crippen molar-refractivity contribution in [1.82, 2.24) is 4.90 Å². The highest BCUT2D eigenvalue weighted by Gasteiger charge is 2.29. The molecule has 0 fully saturated rings. The highest BCUT2D eigenvalue weighted by molar-refractivity contribution is 5.66. The van der Waals surface area contributed by atoms with Crippen LogP contribution in [0.3, 0.4) is 0 Å². The predicted octanol–water partition coefficient (Wildman–Crippen LogP) is 5.50. The smallest absolute Gasteiger partial charge is 0.407 e. The molecular weight excluding hydrogens is 362 g/mol. The van der Waals surface area contributed by atoms with Crippen molar-refractivity contribution in [2.75, 3.05) is 13.2 Å². The largest absolute Gasteiger partial charge is 0.493 e. The Balaban J connectivity index is 1.73. The van der Waals surface area contributed by atoms with Crippen LogP contribution in [0, 0.1) is 12.8 Å².